The number of rotatable bonds is 6. The third kappa shape index (κ3) is 4.62. The lowest BCUT2D eigenvalue weighted by molar-refractivity contribution is -0.133. The molecular formula is C20H26N2O5S. The average molecular weight is 407 g/mol. The van der Waals surface area contributed by atoms with Gasteiger partial charge in [-0.05, 0) is 49.9 Å². The van der Waals surface area contributed by atoms with E-state index in [0.29, 0.717) is 31.0 Å². The summed E-state index contributed by atoms with van der Waals surface area (Å²) >= 11 is 0. The minimum atomic E-state index is -3.66. The molecule has 0 bridgehead atoms. The molecule has 7 nitrogen and oxygen atoms in total. The van der Waals surface area contributed by atoms with E-state index in [1.165, 1.54) is 28.6 Å². The summed E-state index contributed by atoms with van der Waals surface area (Å²) < 4.78 is 32.0. The first kappa shape index (κ1) is 20.5. The molecule has 0 radical (unpaired) electrons. The van der Waals surface area contributed by atoms with Crippen molar-refractivity contribution in [2.75, 3.05) is 32.8 Å². The zero-order valence-electron chi connectivity index (χ0n) is 16.0. The highest BCUT2D eigenvalue weighted by Gasteiger charge is 2.30. The lowest BCUT2D eigenvalue weighted by Gasteiger charge is -2.34. The van der Waals surface area contributed by atoms with E-state index in [2.05, 4.69) is 12.2 Å². The summed E-state index contributed by atoms with van der Waals surface area (Å²) in [6.07, 6.45) is 6.74. The van der Waals surface area contributed by atoms with Crippen LogP contribution in [0.1, 0.15) is 36.5 Å². The topological polar surface area (TPSA) is 84.0 Å². The summed E-state index contributed by atoms with van der Waals surface area (Å²) in [4.78, 5) is 26.0. The molecule has 1 aliphatic carbocycles. The molecule has 2 aliphatic rings. The van der Waals surface area contributed by atoms with Gasteiger partial charge in [0, 0.05) is 32.6 Å². The Morgan fingerprint density at radius 2 is 1.79 bits per heavy atom. The minimum absolute atomic E-state index is 0.0902. The molecule has 0 spiro atoms. The molecule has 1 fully saturated rings. The predicted molar refractivity (Wildman–Crippen MR) is 104 cm³/mol. The van der Waals surface area contributed by atoms with E-state index in [1.54, 1.807) is 11.8 Å². The van der Waals surface area contributed by atoms with Gasteiger partial charge in [-0.3, -0.25) is 4.79 Å². The third-order valence-corrected chi connectivity index (χ3v) is 7.06. The van der Waals surface area contributed by atoms with Gasteiger partial charge in [-0.15, -0.1) is 0 Å². The number of piperazine rings is 1. The Morgan fingerprint density at radius 1 is 1.11 bits per heavy atom. The van der Waals surface area contributed by atoms with E-state index in [1.807, 2.05) is 0 Å². The normalized spacial score (nSPS) is 20.3. The molecule has 1 heterocycles. The molecular weight excluding hydrogens is 380 g/mol. The Bertz CT molecular complexity index is 840. The second-order valence-corrected chi connectivity index (χ2v) is 8.94. The number of esters is 1. The van der Waals surface area contributed by atoms with E-state index in [0.717, 1.165) is 12.8 Å². The Balaban J connectivity index is 1.58. The molecule has 0 saturated carbocycles. The van der Waals surface area contributed by atoms with Gasteiger partial charge in [-0.25, -0.2) is 13.2 Å². The molecule has 1 atom stereocenters. The molecule has 8 heteroatoms. The van der Waals surface area contributed by atoms with Gasteiger partial charge in [0.2, 0.25) is 15.9 Å². The van der Waals surface area contributed by atoms with Crippen LogP contribution >= 0.6 is 0 Å². The first-order valence-electron chi connectivity index (χ1n) is 9.63. The van der Waals surface area contributed by atoms with Gasteiger partial charge in [0.25, 0.3) is 0 Å². The van der Waals surface area contributed by atoms with Crippen molar-refractivity contribution in [3.8, 4) is 0 Å². The van der Waals surface area contributed by atoms with E-state index in [4.69, 9.17) is 4.74 Å². The van der Waals surface area contributed by atoms with Crippen LogP contribution in [0.3, 0.4) is 0 Å². The third-order valence-electron chi connectivity index (χ3n) is 5.14. The lowest BCUT2D eigenvalue weighted by atomic mass is 10.0. The number of amides is 1. The van der Waals surface area contributed by atoms with E-state index < -0.39 is 16.0 Å². The van der Waals surface area contributed by atoms with Gasteiger partial charge in [-0.1, -0.05) is 12.2 Å². The van der Waals surface area contributed by atoms with Crippen molar-refractivity contribution >= 4 is 21.9 Å². The average Bonchev–Trinajstić information content (AvgIpc) is 3.21. The van der Waals surface area contributed by atoms with Crippen molar-refractivity contribution in [1.82, 2.24) is 9.21 Å². The Labute approximate surface area is 166 Å². The molecule has 1 saturated heterocycles. The fourth-order valence-electron chi connectivity index (χ4n) is 3.52. The molecule has 28 heavy (non-hydrogen) atoms. The van der Waals surface area contributed by atoms with E-state index >= 15 is 0 Å². The van der Waals surface area contributed by atoms with Crippen LogP contribution in [0.15, 0.2) is 41.3 Å². The highest BCUT2D eigenvalue weighted by Crippen LogP contribution is 2.23. The molecule has 1 aliphatic heterocycles. The van der Waals surface area contributed by atoms with Gasteiger partial charge >= 0.3 is 5.97 Å². The first-order valence-corrected chi connectivity index (χ1v) is 11.1. The van der Waals surface area contributed by atoms with Crippen molar-refractivity contribution in [3.63, 3.8) is 0 Å². The highest BCUT2D eigenvalue weighted by molar-refractivity contribution is 7.89. The number of allylic oxidation sites excluding steroid dienone is 2. The van der Waals surface area contributed by atoms with Crippen LogP contribution in [0, 0.1) is 5.92 Å². The van der Waals surface area contributed by atoms with E-state index in [-0.39, 0.29) is 30.5 Å². The van der Waals surface area contributed by atoms with Crippen molar-refractivity contribution in [2.45, 2.75) is 31.1 Å². The van der Waals surface area contributed by atoms with Crippen LogP contribution in [-0.2, 0) is 19.6 Å². The summed E-state index contributed by atoms with van der Waals surface area (Å²) in [5.74, 6) is -0.0738. The number of carbonyl (C=O) groups is 2. The summed E-state index contributed by atoms with van der Waals surface area (Å²) in [5, 5.41) is 0. The van der Waals surface area contributed by atoms with Crippen LogP contribution in [0.2, 0.25) is 0 Å². The molecule has 1 aromatic carbocycles. The van der Waals surface area contributed by atoms with Gasteiger partial charge < -0.3 is 9.64 Å². The second-order valence-electron chi connectivity index (χ2n) is 7.00. The summed E-state index contributed by atoms with van der Waals surface area (Å²) in [5.41, 5.74) is 0.317. The number of ether oxygens (including phenoxy) is 1. The first-order chi connectivity index (χ1) is 13.4. The number of hydrogen-bond donors (Lipinski definition) is 0. The molecule has 0 aromatic heterocycles. The monoisotopic (exact) mass is 406 g/mol. The maximum atomic E-state index is 12.8. The summed E-state index contributed by atoms with van der Waals surface area (Å²) in [6, 6.07) is 5.76. The predicted octanol–water partition coefficient (Wildman–Crippen LogP) is 2.05. The Hall–Kier alpha value is -2.19. The SMILES string of the molecule is CCOC(=O)c1ccc(S(=O)(=O)N2CCN(C(=O)C[C@@H]3C=CCC3)CC2)cc1. The highest BCUT2D eigenvalue weighted by atomic mass is 32.2. The van der Waals surface area contributed by atoms with Gasteiger partial charge in [0.1, 0.15) is 0 Å². The van der Waals surface area contributed by atoms with Gasteiger partial charge in [0.15, 0.2) is 0 Å². The quantitative estimate of drug-likeness (QED) is 0.533. The number of nitrogens with zero attached hydrogens (tertiary/aromatic N) is 2. The molecule has 0 N–H and O–H groups in total. The Kier molecular flexibility index (Phi) is 6.51. The fourth-order valence-corrected chi connectivity index (χ4v) is 4.95. The van der Waals surface area contributed by atoms with Crippen LogP contribution in [0.25, 0.3) is 0 Å². The maximum Gasteiger partial charge on any atom is 0.338 e. The summed E-state index contributed by atoms with van der Waals surface area (Å²) in [6.45, 7) is 3.32. The maximum absolute atomic E-state index is 12.8. The zero-order valence-corrected chi connectivity index (χ0v) is 16.9. The Morgan fingerprint density at radius 3 is 2.36 bits per heavy atom. The lowest BCUT2D eigenvalue weighted by Crippen LogP contribution is -2.50. The van der Waals surface area contributed by atoms with Crippen molar-refractivity contribution < 1.29 is 22.7 Å². The number of carbonyl (C=O) groups excluding carboxylic acids is 2. The van der Waals surface area contributed by atoms with Crippen molar-refractivity contribution in [2.24, 2.45) is 5.92 Å². The smallest absolute Gasteiger partial charge is 0.338 e. The molecule has 1 aromatic rings. The minimum Gasteiger partial charge on any atom is -0.462 e. The van der Waals surface area contributed by atoms with Crippen LogP contribution in [-0.4, -0.2) is 62.3 Å². The second kappa shape index (κ2) is 8.87. The van der Waals surface area contributed by atoms with Crippen LogP contribution in [0.5, 0.6) is 0 Å². The number of hydrogen-bond acceptors (Lipinski definition) is 5. The van der Waals surface area contributed by atoms with Gasteiger partial charge in [-0.2, -0.15) is 4.31 Å². The van der Waals surface area contributed by atoms with E-state index in [9.17, 15) is 18.0 Å². The largest absolute Gasteiger partial charge is 0.462 e. The van der Waals surface area contributed by atoms with Crippen molar-refractivity contribution in [3.05, 3.63) is 42.0 Å². The summed E-state index contributed by atoms with van der Waals surface area (Å²) in [7, 11) is -3.66. The molecule has 3 rings (SSSR count). The van der Waals surface area contributed by atoms with Crippen LogP contribution < -0.4 is 0 Å². The number of benzene rings is 1. The standard InChI is InChI=1S/C20H26N2O5S/c1-2-27-20(24)17-7-9-18(10-8-17)28(25,26)22-13-11-21(12-14-22)19(23)15-16-5-3-4-6-16/h3,5,7-10,16H,2,4,6,11-15H2,1H3/t16-/m1/s1. The molecule has 1 amide bonds. The fraction of sp³-hybridized carbons (Fsp3) is 0.500. The number of sulfonamides is 1. The van der Waals surface area contributed by atoms with Gasteiger partial charge in [0.05, 0.1) is 17.1 Å². The van der Waals surface area contributed by atoms with Crippen LogP contribution in [0.4, 0.5) is 0 Å². The molecule has 152 valence electrons. The van der Waals surface area contributed by atoms with Crippen molar-refractivity contribution in [1.29, 1.82) is 0 Å². The molecule has 0 unspecified atom stereocenters. The zero-order chi connectivity index (χ0) is 20.1.